The zero-order valence-corrected chi connectivity index (χ0v) is 25.3. The van der Waals surface area contributed by atoms with Crippen LogP contribution in [-0.2, 0) is 29.9 Å². The molecule has 0 radical (unpaired) electrons. The van der Waals surface area contributed by atoms with Gasteiger partial charge >= 0.3 is 20.3 Å². The number of carbonyl (C=O) groups excluding carboxylic acids is 1. The molecule has 3 fully saturated rings. The van der Waals surface area contributed by atoms with Gasteiger partial charge in [-0.3, -0.25) is 4.90 Å². The lowest BCUT2D eigenvalue weighted by Gasteiger charge is -2.35. The molecule has 206 valence electrons. The number of ether oxygens (including phenoxy) is 1. The Bertz CT molecular complexity index is 979. The van der Waals surface area contributed by atoms with E-state index < -0.39 is 42.2 Å². The second-order valence-electron chi connectivity index (χ2n) is 13.4. The average molecular weight is 534 g/mol. The molecule has 0 spiro atoms. The maximum absolute atomic E-state index is 12.5. The Labute approximate surface area is 227 Å². The van der Waals surface area contributed by atoms with Crippen molar-refractivity contribution < 1.29 is 28.1 Å². The van der Waals surface area contributed by atoms with Gasteiger partial charge in [0, 0.05) is 42.4 Å². The van der Waals surface area contributed by atoms with Crippen molar-refractivity contribution >= 4 is 41.9 Å². The van der Waals surface area contributed by atoms with Gasteiger partial charge in [-0.1, -0.05) is 6.07 Å². The summed E-state index contributed by atoms with van der Waals surface area (Å²) in [5, 5.41) is 0. The molecule has 0 unspecified atom stereocenters. The van der Waals surface area contributed by atoms with Gasteiger partial charge in [0.1, 0.15) is 5.60 Å². The Morgan fingerprint density at radius 1 is 0.865 bits per heavy atom. The number of carbonyl (C=O) groups is 1. The molecule has 1 amide bonds. The molecule has 3 aliphatic heterocycles. The predicted octanol–water partition coefficient (Wildman–Crippen LogP) is 3.40. The van der Waals surface area contributed by atoms with Crippen molar-refractivity contribution in [2.75, 3.05) is 26.2 Å². The summed E-state index contributed by atoms with van der Waals surface area (Å²) < 4.78 is 32.2. The summed E-state index contributed by atoms with van der Waals surface area (Å²) in [6.45, 7) is 25.8. The van der Waals surface area contributed by atoms with Crippen LogP contribution in [0.25, 0.3) is 0 Å². The largest absolute Gasteiger partial charge is 0.505 e. The van der Waals surface area contributed by atoms with E-state index in [1.165, 1.54) is 4.88 Å². The molecule has 1 aromatic rings. The molecule has 0 atom stereocenters. The van der Waals surface area contributed by atoms with E-state index >= 15 is 0 Å². The fourth-order valence-corrected chi connectivity index (χ4v) is 5.63. The van der Waals surface area contributed by atoms with Crippen molar-refractivity contribution in [3.63, 3.8) is 0 Å². The summed E-state index contributed by atoms with van der Waals surface area (Å²) in [4.78, 5) is 17.8. The number of amides is 1. The van der Waals surface area contributed by atoms with Crippen LogP contribution < -0.4 is 10.2 Å². The number of hydrogen-bond acceptors (Lipinski definition) is 8. The molecule has 3 saturated heterocycles. The molecule has 0 bridgehead atoms. The van der Waals surface area contributed by atoms with E-state index in [9.17, 15) is 4.79 Å². The fraction of sp³-hybridized carbons (Fsp3) is 0.808. The minimum absolute atomic E-state index is 0.246. The van der Waals surface area contributed by atoms with Crippen LogP contribution in [0.15, 0.2) is 6.07 Å². The third-order valence-corrected chi connectivity index (χ3v) is 9.40. The summed E-state index contributed by atoms with van der Waals surface area (Å²) in [6, 6.07) is 2.14. The smallest absolute Gasteiger partial charge is 0.444 e. The van der Waals surface area contributed by atoms with Gasteiger partial charge in [-0.2, -0.15) is 0 Å². The highest BCUT2D eigenvalue weighted by molar-refractivity contribution is 7.23. The standard InChI is InChI=1S/C26H44B2N2O6S/c1-22(2,3)32-21(31)30-14-12-29(13-15-30)17-19-18(27-33-23(4,5)24(6,7)34-27)16-20(37-19)28-35-25(8,9)26(10,11)36-28/h16H,12-15,17H2,1-11H3. The van der Waals surface area contributed by atoms with E-state index in [0.717, 1.165) is 29.9 Å². The summed E-state index contributed by atoms with van der Waals surface area (Å²) in [7, 11) is -0.899. The first-order valence-electron chi connectivity index (χ1n) is 13.3. The van der Waals surface area contributed by atoms with Gasteiger partial charge in [-0.15, -0.1) is 11.3 Å². The van der Waals surface area contributed by atoms with Crippen molar-refractivity contribution in [3.05, 3.63) is 10.9 Å². The monoisotopic (exact) mass is 534 g/mol. The molecule has 1 aromatic heterocycles. The zero-order valence-electron chi connectivity index (χ0n) is 24.5. The van der Waals surface area contributed by atoms with Gasteiger partial charge < -0.3 is 28.3 Å². The zero-order chi connectivity index (χ0) is 27.6. The minimum Gasteiger partial charge on any atom is -0.444 e. The Hall–Kier alpha value is -1.10. The second-order valence-corrected chi connectivity index (χ2v) is 14.6. The Morgan fingerprint density at radius 2 is 1.32 bits per heavy atom. The third kappa shape index (κ3) is 5.92. The lowest BCUT2D eigenvalue weighted by Crippen LogP contribution is -2.50. The van der Waals surface area contributed by atoms with Crippen LogP contribution in [0.3, 0.4) is 0 Å². The third-order valence-electron chi connectivity index (χ3n) is 8.24. The summed E-state index contributed by atoms with van der Waals surface area (Å²) in [5.41, 5.74) is -1.15. The first-order valence-corrected chi connectivity index (χ1v) is 14.2. The highest BCUT2D eigenvalue weighted by Gasteiger charge is 2.55. The van der Waals surface area contributed by atoms with E-state index in [1.54, 1.807) is 16.2 Å². The molecule has 0 aliphatic carbocycles. The Morgan fingerprint density at radius 3 is 1.78 bits per heavy atom. The first-order chi connectivity index (χ1) is 16.8. The van der Waals surface area contributed by atoms with Crippen molar-refractivity contribution in [2.24, 2.45) is 0 Å². The summed E-state index contributed by atoms with van der Waals surface area (Å²) in [5.74, 6) is 0. The van der Waals surface area contributed by atoms with Crippen molar-refractivity contribution in [3.8, 4) is 0 Å². The van der Waals surface area contributed by atoms with E-state index in [-0.39, 0.29) is 6.09 Å². The molecule has 8 nitrogen and oxygen atoms in total. The van der Waals surface area contributed by atoms with Gasteiger partial charge in [-0.05, 0) is 81.6 Å². The minimum atomic E-state index is -0.493. The number of hydrogen-bond donors (Lipinski definition) is 0. The highest BCUT2D eigenvalue weighted by atomic mass is 32.1. The van der Waals surface area contributed by atoms with E-state index in [2.05, 4.69) is 66.4 Å². The van der Waals surface area contributed by atoms with Crippen LogP contribution in [0.4, 0.5) is 4.79 Å². The molecular weight excluding hydrogens is 490 g/mol. The van der Waals surface area contributed by atoms with Gasteiger partial charge in [0.25, 0.3) is 0 Å². The van der Waals surface area contributed by atoms with Gasteiger partial charge in [0.2, 0.25) is 0 Å². The van der Waals surface area contributed by atoms with Crippen molar-refractivity contribution in [1.82, 2.24) is 9.80 Å². The molecule has 37 heavy (non-hydrogen) atoms. The topological polar surface area (TPSA) is 69.7 Å². The normalized spacial score (nSPS) is 25.1. The molecule has 0 aromatic carbocycles. The molecule has 4 rings (SSSR count). The van der Waals surface area contributed by atoms with Crippen molar-refractivity contribution in [2.45, 2.75) is 111 Å². The number of thiophene rings is 1. The van der Waals surface area contributed by atoms with Crippen LogP contribution >= 0.6 is 11.3 Å². The average Bonchev–Trinajstić information content (AvgIpc) is 3.30. The SMILES string of the molecule is CC(C)(C)OC(=O)N1CCN(Cc2sc(B3OC(C)(C)C(C)(C)O3)cc2B2OC(C)(C)C(C)(C)O2)CC1. The molecule has 4 heterocycles. The molecule has 0 N–H and O–H groups in total. The lowest BCUT2D eigenvalue weighted by atomic mass is 9.76. The van der Waals surface area contributed by atoms with E-state index in [1.807, 2.05) is 20.8 Å². The lowest BCUT2D eigenvalue weighted by molar-refractivity contribution is 0.00578. The number of rotatable bonds is 4. The molecule has 0 saturated carbocycles. The number of piperazine rings is 1. The first kappa shape index (κ1) is 28.9. The second kappa shape index (κ2) is 9.52. The highest BCUT2D eigenvalue weighted by Crippen LogP contribution is 2.39. The van der Waals surface area contributed by atoms with E-state index in [4.69, 9.17) is 23.4 Å². The van der Waals surface area contributed by atoms with Crippen LogP contribution in [0.5, 0.6) is 0 Å². The Balaban J connectivity index is 1.53. The van der Waals surface area contributed by atoms with Gasteiger partial charge in [0.05, 0.1) is 22.4 Å². The van der Waals surface area contributed by atoms with Gasteiger partial charge in [-0.25, -0.2) is 4.79 Å². The molecule has 11 heteroatoms. The summed E-state index contributed by atoms with van der Waals surface area (Å²) >= 11 is 1.70. The van der Waals surface area contributed by atoms with Crippen LogP contribution in [0.1, 0.15) is 81.0 Å². The van der Waals surface area contributed by atoms with Crippen molar-refractivity contribution in [1.29, 1.82) is 0 Å². The number of nitrogens with zero attached hydrogens (tertiary/aromatic N) is 2. The van der Waals surface area contributed by atoms with E-state index in [0.29, 0.717) is 13.1 Å². The van der Waals surface area contributed by atoms with Crippen LogP contribution in [-0.4, -0.2) is 84.3 Å². The maximum Gasteiger partial charge on any atom is 0.505 e. The molecular formula is C26H44B2N2O6S. The maximum atomic E-state index is 12.5. The molecule has 3 aliphatic rings. The fourth-order valence-electron chi connectivity index (χ4n) is 4.45. The Kier molecular flexibility index (Phi) is 7.44. The van der Waals surface area contributed by atoms with Crippen LogP contribution in [0, 0.1) is 0 Å². The van der Waals surface area contributed by atoms with Gasteiger partial charge in [0.15, 0.2) is 0 Å². The van der Waals surface area contributed by atoms with Crippen LogP contribution in [0.2, 0.25) is 0 Å². The summed E-state index contributed by atoms with van der Waals surface area (Å²) in [6.07, 6.45) is -0.246. The predicted molar refractivity (Wildman–Crippen MR) is 149 cm³/mol. The quantitative estimate of drug-likeness (QED) is 0.549.